The molecule has 4 aromatic rings. The first-order chi connectivity index (χ1) is 14.3. The SMILES string of the molecule is COc1ccc(CN2CC[C@H](c3nc4ccc(-c5cccnc5)cn4n3)C2)cc1. The van der Waals surface area contributed by atoms with Crippen molar-refractivity contribution in [3.05, 3.63) is 78.5 Å². The van der Waals surface area contributed by atoms with Crippen molar-refractivity contribution in [2.75, 3.05) is 20.2 Å². The predicted octanol–water partition coefficient (Wildman–Crippen LogP) is 3.79. The molecule has 0 spiro atoms. The minimum atomic E-state index is 0.370. The number of benzene rings is 1. The van der Waals surface area contributed by atoms with Gasteiger partial charge in [-0.15, -0.1) is 0 Å². The largest absolute Gasteiger partial charge is 0.497 e. The maximum atomic E-state index is 5.24. The zero-order valence-corrected chi connectivity index (χ0v) is 16.4. The van der Waals surface area contributed by atoms with Crippen molar-refractivity contribution in [3.8, 4) is 16.9 Å². The Labute approximate surface area is 169 Å². The highest BCUT2D eigenvalue weighted by Gasteiger charge is 2.27. The smallest absolute Gasteiger partial charge is 0.156 e. The molecule has 29 heavy (non-hydrogen) atoms. The lowest BCUT2D eigenvalue weighted by Gasteiger charge is -2.15. The van der Waals surface area contributed by atoms with E-state index in [1.165, 1.54) is 5.56 Å². The summed E-state index contributed by atoms with van der Waals surface area (Å²) in [5.41, 5.74) is 4.37. The fraction of sp³-hybridized carbons (Fsp3) is 0.261. The highest BCUT2D eigenvalue weighted by atomic mass is 16.5. The Morgan fingerprint density at radius 1 is 1.07 bits per heavy atom. The van der Waals surface area contributed by atoms with Gasteiger partial charge in [0.15, 0.2) is 11.5 Å². The van der Waals surface area contributed by atoms with Crippen LogP contribution in [0.15, 0.2) is 67.1 Å². The summed E-state index contributed by atoms with van der Waals surface area (Å²) in [6.45, 7) is 2.99. The van der Waals surface area contributed by atoms with Crippen LogP contribution in [0.1, 0.15) is 23.7 Å². The van der Waals surface area contributed by atoms with Gasteiger partial charge >= 0.3 is 0 Å². The Morgan fingerprint density at radius 3 is 2.76 bits per heavy atom. The summed E-state index contributed by atoms with van der Waals surface area (Å²) in [4.78, 5) is 11.5. The number of methoxy groups -OCH3 is 1. The summed E-state index contributed by atoms with van der Waals surface area (Å²) in [5, 5.41) is 4.79. The third-order valence-corrected chi connectivity index (χ3v) is 5.54. The van der Waals surface area contributed by atoms with Crippen LogP contribution in [0.25, 0.3) is 16.8 Å². The summed E-state index contributed by atoms with van der Waals surface area (Å²) in [6, 6.07) is 16.4. The molecule has 5 rings (SSSR count). The molecule has 0 bridgehead atoms. The number of ether oxygens (including phenoxy) is 1. The molecule has 0 saturated carbocycles. The number of hydrogen-bond donors (Lipinski definition) is 0. The van der Waals surface area contributed by atoms with Gasteiger partial charge in [0, 0.05) is 48.7 Å². The minimum absolute atomic E-state index is 0.370. The van der Waals surface area contributed by atoms with Crippen LogP contribution in [0.4, 0.5) is 0 Å². The lowest BCUT2D eigenvalue weighted by Crippen LogP contribution is -2.19. The molecule has 6 heteroatoms. The van der Waals surface area contributed by atoms with E-state index in [1.54, 1.807) is 13.3 Å². The summed E-state index contributed by atoms with van der Waals surface area (Å²) in [5.74, 6) is 2.20. The number of nitrogens with zero attached hydrogens (tertiary/aromatic N) is 5. The average Bonchev–Trinajstić information content (AvgIpc) is 3.41. The number of hydrogen-bond acceptors (Lipinski definition) is 5. The van der Waals surface area contributed by atoms with Crippen LogP contribution < -0.4 is 4.74 Å². The molecule has 1 atom stereocenters. The summed E-state index contributed by atoms with van der Waals surface area (Å²) in [6.07, 6.45) is 6.77. The van der Waals surface area contributed by atoms with E-state index in [4.69, 9.17) is 14.8 Å². The first-order valence-corrected chi connectivity index (χ1v) is 9.90. The summed E-state index contributed by atoms with van der Waals surface area (Å²) < 4.78 is 7.14. The summed E-state index contributed by atoms with van der Waals surface area (Å²) >= 11 is 0. The van der Waals surface area contributed by atoms with Crippen LogP contribution in [-0.4, -0.2) is 44.7 Å². The molecule has 3 aromatic heterocycles. The van der Waals surface area contributed by atoms with E-state index >= 15 is 0 Å². The number of rotatable bonds is 5. The molecule has 1 aliphatic heterocycles. The van der Waals surface area contributed by atoms with E-state index in [-0.39, 0.29) is 0 Å². The van der Waals surface area contributed by atoms with Gasteiger partial charge in [0.05, 0.1) is 7.11 Å². The molecule has 1 aliphatic rings. The first kappa shape index (κ1) is 17.8. The molecule has 1 aromatic carbocycles. The predicted molar refractivity (Wildman–Crippen MR) is 112 cm³/mol. The van der Waals surface area contributed by atoms with Gasteiger partial charge in [0.25, 0.3) is 0 Å². The zero-order valence-electron chi connectivity index (χ0n) is 16.4. The third-order valence-electron chi connectivity index (χ3n) is 5.54. The monoisotopic (exact) mass is 385 g/mol. The second-order valence-electron chi connectivity index (χ2n) is 7.50. The van der Waals surface area contributed by atoms with E-state index in [1.807, 2.05) is 41.2 Å². The Morgan fingerprint density at radius 2 is 1.97 bits per heavy atom. The van der Waals surface area contributed by atoms with E-state index in [2.05, 4.69) is 34.1 Å². The van der Waals surface area contributed by atoms with Crippen LogP contribution >= 0.6 is 0 Å². The zero-order chi connectivity index (χ0) is 19.6. The van der Waals surface area contributed by atoms with E-state index in [9.17, 15) is 0 Å². The molecule has 0 aliphatic carbocycles. The van der Waals surface area contributed by atoms with Gasteiger partial charge in [-0.3, -0.25) is 9.88 Å². The van der Waals surface area contributed by atoms with E-state index < -0.39 is 0 Å². The van der Waals surface area contributed by atoms with Crippen LogP contribution in [-0.2, 0) is 6.54 Å². The van der Waals surface area contributed by atoms with Crippen molar-refractivity contribution < 1.29 is 4.74 Å². The number of fused-ring (bicyclic) bond motifs is 1. The Hall–Kier alpha value is -3.25. The lowest BCUT2D eigenvalue weighted by atomic mass is 10.1. The van der Waals surface area contributed by atoms with Gasteiger partial charge in [-0.25, -0.2) is 9.50 Å². The van der Waals surface area contributed by atoms with Crippen LogP contribution in [0.2, 0.25) is 0 Å². The average molecular weight is 385 g/mol. The van der Waals surface area contributed by atoms with Crippen molar-refractivity contribution in [1.82, 2.24) is 24.5 Å². The van der Waals surface area contributed by atoms with Crippen molar-refractivity contribution in [2.24, 2.45) is 0 Å². The van der Waals surface area contributed by atoms with Crippen LogP contribution in [0.5, 0.6) is 5.75 Å². The van der Waals surface area contributed by atoms with Gasteiger partial charge in [-0.05, 0) is 48.9 Å². The number of pyridine rings is 2. The van der Waals surface area contributed by atoms with Crippen molar-refractivity contribution in [1.29, 1.82) is 0 Å². The van der Waals surface area contributed by atoms with Crippen LogP contribution in [0, 0.1) is 0 Å². The maximum absolute atomic E-state index is 5.24. The molecule has 6 nitrogen and oxygen atoms in total. The fourth-order valence-corrected chi connectivity index (χ4v) is 3.95. The molecule has 0 N–H and O–H groups in total. The fourth-order valence-electron chi connectivity index (χ4n) is 3.95. The first-order valence-electron chi connectivity index (χ1n) is 9.90. The van der Waals surface area contributed by atoms with E-state index in [0.29, 0.717) is 5.92 Å². The quantitative estimate of drug-likeness (QED) is 0.523. The summed E-state index contributed by atoms with van der Waals surface area (Å²) in [7, 11) is 1.70. The van der Waals surface area contributed by atoms with Crippen molar-refractivity contribution in [2.45, 2.75) is 18.9 Å². The Kier molecular flexibility index (Phi) is 4.69. The molecule has 146 valence electrons. The topological polar surface area (TPSA) is 55.5 Å². The van der Waals surface area contributed by atoms with Gasteiger partial charge in [-0.1, -0.05) is 18.2 Å². The molecule has 4 heterocycles. The second kappa shape index (κ2) is 7.64. The normalized spacial score (nSPS) is 17.1. The minimum Gasteiger partial charge on any atom is -0.497 e. The standard InChI is InChI=1S/C23H23N5O/c1-29-21-7-4-17(5-8-21)14-27-12-10-20(15-27)23-25-22-9-6-19(16-28(22)26-23)18-3-2-11-24-13-18/h2-9,11,13,16,20H,10,12,14-15H2,1H3/t20-/m0/s1. The van der Waals surface area contributed by atoms with Gasteiger partial charge in [-0.2, -0.15) is 5.10 Å². The maximum Gasteiger partial charge on any atom is 0.156 e. The van der Waals surface area contributed by atoms with E-state index in [0.717, 1.165) is 54.4 Å². The molecule has 1 saturated heterocycles. The molecular weight excluding hydrogens is 362 g/mol. The van der Waals surface area contributed by atoms with Gasteiger partial charge < -0.3 is 4.74 Å². The Bertz CT molecular complexity index is 1110. The molecule has 1 fully saturated rings. The van der Waals surface area contributed by atoms with Crippen molar-refractivity contribution in [3.63, 3.8) is 0 Å². The van der Waals surface area contributed by atoms with Crippen LogP contribution in [0.3, 0.4) is 0 Å². The number of aromatic nitrogens is 4. The third kappa shape index (κ3) is 3.71. The lowest BCUT2D eigenvalue weighted by molar-refractivity contribution is 0.325. The highest BCUT2D eigenvalue weighted by molar-refractivity contribution is 5.63. The highest BCUT2D eigenvalue weighted by Crippen LogP contribution is 2.27. The number of likely N-dealkylation sites (tertiary alicyclic amines) is 1. The van der Waals surface area contributed by atoms with Gasteiger partial charge in [0.1, 0.15) is 5.75 Å². The second-order valence-corrected chi connectivity index (χ2v) is 7.50. The molecule has 0 amide bonds. The van der Waals surface area contributed by atoms with Gasteiger partial charge in [0.2, 0.25) is 0 Å². The molecule has 0 unspecified atom stereocenters. The molecule has 0 radical (unpaired) electrons. The Balaban J connectivity index is 1.30. The van der Waals surface area contributed by atoms with Crippen molar-refractivity contribution >= 4 is 5.65 Å². The molecular formula is C23H23N5O.